The molecule has 2 aromatic carbocycles. The van der Waals surface area contributed by atoms with Gasteiger partial charge in [-0.1, -0.05) is 37.1 Å². The molecular weight excluding hydrogens is 586 g/mol. The molecule has 5 atom stereocenters. The largest absolute Gasteiger partial charge is 0.497 e. The van der Waals surface area contributed by atoms with Crippen molar-refractivity contribution in [2.75, 3.05) is 49.8 Å². The molecule has 0 radical (unpaired) electrons. The minimum Gasteiger partial charge on any atom is -0.497 e. The third-order valence-corrected chi connectivity index (χ3v) is 9.71. The highest BCUT2D eigenvalue weighted by Crippen LogP contribution is 2.57. The van der Waals surface area contributed by atoms with Crippen molar-refractivity contribution in [1.82, 2.24) is 4.90 Å². The van der Waals surface area contributed by atoms with Crippen molar-refractivity contribution in [1.29, 1.82) is 0 Å². The molecule has 0 saturated carbocycles. The summed E-state index contributed by atoms with van der Waals surface area (Å²) in [5.41, 5.74) is -1.06. The Kier molecular flexibility index (Phi) is 8.94. The topological polar surface area (TPSA) is 109 Å². The number of hydrogen-bond acceptors (Lipinski definition) is 7. The highest BCUT2D eigenvalue weighted by Gasteiger charge is 2.74. The van der Waals surface area contributed by atoms with Crippen LogP contribution in [0.25, 0.3) is 0 Å². The van der Waals surface area contributed by atoms with Crippen LogP contribution in [0.4, 0.5) is 11.4 Å². The van der Waals surface area contributed by atoms with E-state index in [9.17, 15) is 19.5 Å². The predicted molar refractivity (Wildman–Crippen MR) is 174 cm³/mol. The van der Waals surface area contributed by atoms with Crippen molar-refractivity contribution in [2.24, 2.45) is 11.8 Å². The maximum Gasteiger partial charge on any atom is 0.253 e. The molecule has 2 fully saturated rings. The first-order chi connectivity index (χ1) is 22.3. The van der Waals surface area contributed by atoms with E-state index in [-0.39, 0.29) is 24.3 Å². The first-order valence-corrected chi connectivity index (χ1v) is 16.2. The highest BCUT2D eigenvalue weighted by molar-refractivity contribution is 6.07. The Morgan fingerprint density at radius 1 is 0.804 bits per heavy atom. The molecular formula is C36H43N3O7. The van der Waals surface area contributed by atoms with Gasteiger partial charge in [0.25, 0.3) is 5.91 Å². The SMILES string of the molecule is CCOc1ccc(N2CC=C[C@@]3(C)O[C@]45C=CCN(c6ccc(OC)cc6)C(=O)C4N(CCCCCCO)C(=O)[C@@H]5[C@H]3C2=O)cc1. The van der Waals surface area contributed by atoms with Crippen LogP contribution in [0.3, 0.4) is 0 Å². The first-order valence-electron chi connectivity index (χ1n) is 16.2. The summed E-state index contributed by atoms with van der Waals surface area (Å²) in [4.78, 5) is 48.9. The monoisotopic (exact) mass is 629 g/mol. The molecule has 4 aliphatic rings. The van der Waals surface area contributed by atoms with Crippen LogP contribution in [0.2, 0.25) is 0 Å². The summed E-state index contributed by atoms with van der Waals surface area (Å²) in [6, 6.07) is 13.7. The Hall–Kier alpha value is -4.15. The molecule has 3 amide bonds. The number of likely N-dealkylation sites (tertiary alicyclic amines) is 1. The summed E-state index contributed by atoms with van der Waals surface area (Å²) in [6.45, 7) is 5.40. The number of benzene rings is 2. The number of nitrogens with zero attached hydrogens (tertiary/aromatic N) is 3. The molecule has 2 aromatic rings. The average molecular weight is 630 g/mol. The molecule has 6 rings (SSSR count). The minimum atomic E-state index is -1.33. The summed E-state index contributed by atoms with van der Waals surface area (Å²) in [7, 11) is 1.59. The number of hydrogen-bond donors (Lipinski definition) is 1. The van der Waals surface area contributed by atoms with Crippen LogP contribution in [-0.2, 0) is 19.1 Å². The third-order valence-electron chi connectivity index (χ3n) is 9.71. The number of carbonyl (C=O) groups is 3. The third kappa shape index (κ3) is 5.37. The van der Waals surface area contributed by atoms with Gasteiger partial charge in [0.05, 0.1) is 31.2 Å². The van der Waals surface area contributed by atoms with Crippen molar-refractivity contribution in [3.63, 3.8) is 0 Å². The Balaban J connectivity index is 1.39. The summed E-state index contributed by atoms with van der Waals surface area (Å²) in [5.74, 6) is -1.06. The second kappa shape index (κ2) is 12.9. The minimum absolute atomic E-state index is 0.116. The Bertz CT molecular complexity index is 1510. The van der Waals surface area contributed by atoms with Crippen LogP contribution in [0.15, 0.2) is 72.8 Å². The number of aliphatic hydroxyl groups excluding tert-OH is 1. The van der Waals surface area contributed by atoms with E-state index in [1.165, 1.54) is 0 Å². The van der Waals surface area contributed by atoms with Crippen molar-refractivity contribution >= 4 is 29.1 Å². The quantitative estimate of drug-likeness (QED) is 0.294. The van der Waals surface area contributed by atoms with Gasteiger partial charge in [-0.3, -0.25) is 14.4 Å². The lowest BCUT2D eigenvalue weighted by atomic mass is 9.74. The van der Waals surface area contributed by atoms with Gasteiger partial charge >= 0.3 is 0 Å². The molecule has 0 bridgehead atoms. The second-order valence-electron chi connectivity index (χ2n) is 12.5. The number of anilines is 2. The first kappa shape index (κ1) is 31.8. The summed E-state index contributed by atoms with van der Waals surface area (Å²) >= 11 is 0. The highest BCUT2D eigenvalue weighted by atomic mass is 16.5. The van der Waals surface area contributed by atoms with E-state index in [1.807, 2.05) is 74.5 Å². The number of ether oxygens (including phenoxy) is 3. The smallest absolute Gasteiger partial charge is 0.253 e. The van der Waals surface area contributed by atoms with Crippen molar-refractivity contribution < 1.29 is 33.7 Å². The van der Waals surface area contributed by atoms with E-state index in [0.717, 1.165) is 12.8 Å². The maximum absolute atomic E-state index is 14.7. The molecule has 1 spiro atoms. The molecule has 46 heavy (non-hydrogen) atoms. The number of unbranched alkanes of at least 4 members (excludes halogenated alkanes) is 3. The fourth-order valence-electron chi connectivity index (χ4n) is 7.62. The summed E-state index contributed by atoms with van der Waals surface area (Å²) in [6.07, 6.45) is 10.5. The van der Waals surface area contributed by atoms with E-state index < -0.39 is 29.1 Å². The molecule has 10 nitrogen and oxygen atoms in total. The molecule has 0 aromatic heterocycles. The van der Waals surface area contributed by atoms with Gasteiger partial charge in [-0.15, -0.1) is 0 Å². The zero-order valence-corrected chi connectivity index (χ0v) is 26.8. The van der Waals surface area contributed by atoms with Crippen LogP contribution in [-0.4, -0.2) is 84.9 Å². The van der Waals surface area contributed by atoms with E-state index in [1.54, 1.807) is 33.9 Å². The normalized spacial score (nSPS) is 28.6. The van der Waals surface area contributed by atoms with Gasteiger partial charge in [0, 0.05) is 37.6 Å². The number of fused-ring (bicyclic) bond motifs is 2. The number of rotatable bonds is 11. The molecule has 1 unspecified atom stereocenters. The van der Waals surface area contributed by atoms with Gasteiger partial charge < -0.3 is 34.0 Å². The fraction of sp³-hybridized carbons (Fsp3) is 0.472. The number of carbonyl (C=O) groups excluding carboxylic acids is 3. The van der Waals surface area contributed by atoms with Crippen LogP contribution in [0, 0.1) is 11.8 Å². The average Bonchev–Trinajstić information content (AvgIpc) is 3.32. The van der Waals surface area contributed by atoms with Crippen molar-refractivity contribution in [3.05, 3.63) is 72.8 Å². The van der Waals surface area contributed by atoms with E-state index in [0.29, 0.717) is 62.0 Å². The zero-order valence-electron chi connectivity index (χ0n) is 26.8. The lowest BCUT2D eigenvalue weighted by Crippen LogP contribution is -2.56. The Labute approximate surface area is 270 Å². The van der Waals surface area contributed by atoms with Gasteiger partial charge in [-0.05, 0) is 75.2 Å². The molecule has 4 aliphatic heterocycles. The second-order valence-corrected chi connectivity index (χ2v) is 12.5. The maximum atomic E-state index is 14.7. The van der Waals surface area contributed by atoms with E-state index in [4.69, 9.17) is 14.2 Å². The molecule has 4 heterocycles. The molecule has 10 heteroatoms. The van der Waals surface area contributed by atoms with Gasteiger partial charge in [-0.25, -0.2) is 0 Å². The number of amides is 3. The van der Waals surface area contributed by atoms with Gasteiger partial charge in [0.1, 0.15) is 23.1 Å². The van der Waals surface area contributed by atoms with Gasteiger partial charge in [-0.2, -0.15) is 0 Å². The van der Waals surface area contributed by atoms with Crippen molar-refractivity contribution in [3.8, 4) is 11.5 Å². The molecule has 0 aliphatic carbocycles. The summed E-state index contributed by atoms with van der Waals surface area (Å²) in [5, 5.41) is 9.25. The van der Waals surface area contributed by atoms with Crippen LogP contribution in [0.5, 0.6) is 11.5 Å². The Morgan fingerprint density at radius 3 is 2.04 bits per heavy atom. The molecule has 2 saturated heterocycles. The van der Waals surface area contributed by atoms with Crippen molar-refractivity contribution in [2.45, 2.75) is 56.8 Å². The number of aliphatic hydroxyl groups is 1. The van der Waals surface area contributed by atoms with E-state index in [2.05, 4.69) is 0 Å². The van der Waals surface area contributed by atoms with Gasteiger partial charge in [0.2, 0.25) is 11.8 Å². The lowest BCUT2D eigenvalue weighted by Gasteiger charge is -2.37. The van der Waals surface area contributed by atoms with Gasteiger partial charge in [0.15, 0.2) is 0 Å². The zero-order chi connectivity index (χ0) is 32.5. The van der Waals surface area contributed by atoms with Crippen LogP contribution < -0.4 is 19.3 Å². The fourth-order valence-corrected chi connectivity index (χ4v) is 7.62. The van der Waals surface area contributed by atoms with Crippen LogP contribution >= 0.6 is 0 Å². The molecule has 244 valence electrons. The molecule has 1 N–H and O–H groups in total. The lowest BCUT2D eigenvalue weighted by molar-refractivity contribution is -0.144. The number of methoxy groups -OCH3 is 1. The van der Waals surface area contributed by atoms with Crippen LogP contribution in [0.1, 0.15) is 39.5 Å². The predicted octanol–water partition coefficient (Wildman–Crippen LogP) is 4.12. The summed E-state index contributed by atoms with van der Waals surface area (Å²) < 4.78 is 17.9. The Morgan fingerprint density at radius 2 is 1.41 bits per heavy atom. The van der Waals surface area contributed by atoms with E-state index >= 15 is 0 Å². The standard InChI is InChI=1S/C36H43N3O7/c1-4-45-28-17-13-25(14-18-28)37-22-9-19-35(2)29(32(37)41)30-33(42)39(21-7-5-6-8-24-40)31-34(43)38(23-10-20-36(30,31)46-35)26-11-15-27(44-3)16-12-26/h9-20,29-31,40H,4-8,21-24H2,1-3H3/t29-,30-,31?,35+,36-/m0/s1.